The van der Waals surface area contributed by atoms with E-state index in [1.165, 1.54) is 13.2 Å². The molecule has 2 aromatic heterocycles. The third kappa shape index (κ3) is 5.45. The van der Waals surface area contributed by atoms with Crippen LogP contribution in [0, 0.1) is 10.1 Å². The van der Waals surface area contributed by atoms with Gasteiger partial charge < -0.3 is 9.68 Å². The zero-order chi connectivity index (χ0) is 24.8. The number of benzene rings is 1. The number of pyridine rings is 2. The summed E-state index contributed by atoms with van der Waals surface area (Å²) in [4.78, 5) is 30.9. The summed E-state index contributed by atoms with van der Waals surface area (Å²) in [5.74, 6) is 0. The molecule has 0 saturated carbocycles. The van der Waals surface area contributed by atoms with Crippen molar-refractivity contribution in [3.8, 4) is 0 Å². The first-order valence-electron chi connectivity index (χ1n) is 11.8. The molecule has 0 aliphatic heterocycles. The van der Waals surface area contributed by atoms with Crippen LogP contribution in [0.4, 0.5) is 5.69 Å². The first kappa shape index (κ1) is 24.3. The van der Waals surface area contributed by atoms with Crippen molar-refractivity contribution in [3.05, 3.63) is 74.7 Å². The molecule has 0 atom stereocenters. The maximum atomic E-state index is 11.3. The number of hydrogen-bond donors (Lipinski definition) is 0. The summed E-state index contributed by atoms with van der Waals surface area (Å²) in [6.45, 7) is 4.40. The molecule has 3 aromatic rings. The van der Waals surface area contributed by atoms with Crippen molar-refractivity contribution in [2.75, 3.05) is 13.7 Å². The van der Waals surface area contributed by atoms with E-state index < -0.39 is 0 Å². The Kier molecular flexibility index (Phi) is 7.64. The van der Waals surface area contributed by atoms with Crippen LogP contribution in [0.3, 0.4) is 0 Å². The zero-order valence-corrected chi connectivity index (χ0v) is 20.3. The Labute approximate surface area is 204 Å². The molecule has 0 spiro atoms. The lowest BCUT2D eigenvalue weighted by atomic mass is 9.87. The van der Waals surface area contributed by atoms with Crippen LogP contribution in [0.2, 0.25) is 0 Å². The van der Waals surface area contributed by atoms with Crippen molar-refractivity contribution in [1.29, 1.82) is 0 Å². The highest BCUT2D eigenvalue weighted by Gasteiger charge is 2.23. The summed E-state index contributed by atoms with van der Waals surface area (Å²) in [7, 11) is 1.52. The normalized spacial score (nSPS) is 14.7. The predicted octanol–water partition coefficient (Wildman–Crippen LogP) is 5.16. The van der Waals surface area contributed by atoms with E-state index in [0.29, 0.717) is 6.61 Å². The van der Waals surface area contributed by atoms with Gasteiger partial charge in [-0.25, -0.2) is 4.98 Å². The molecular weight excluding hydrogens is 446 g/mol. The number of nitrogens with zero attached hydrogens (tertiary/aromatic N) is 5. The summed E-state index contributed by atoms with van der Waals surface area (Å²) in [6.07, 6.45) is 4.94. The molecule has 4 rings (SSSR count). The molecule has 0 amide bonds. The fraction of sp³-hybridized carbons (Fsp3) is 0.385. The molecule has 1 aromatic carbocycles. The number of nitro groups is 1. The lowest BCUT2D eigenvalue weighted by Gasteiger charge is -2.21. The van der Waals surface area contributed by atoms with Gasteiger partial charge in [0.2, 0.25) is 0 Å². The second-order valence-electron chi connectivity index (χ2n) is 8.43. The first-order chi connectivity index (χ1) is 17.0. The topological polar surface area (TPSA) is 112 Å². The number of non-ortho nitro benzene ring substituents is 1. The minimum absolute atomic E-state index is 0.0863. The van der Waals surface area contributed by atoms with Gasteiger partial charge in [-0.2, -0.15) is 0 Å². The molecule has 0 radical (unpaired) electrons. The molecule has 35 heavy (non-hydrogen) atoms. The van der Waals surface area contributed by atoms with Crippen molar-refractivity contribution < 1.29 is 14.6 Å². The maximum absolute atomic E-state index is 11.3. The smallest absolute Gasteiger partial charge is 0.270 e. The number of fused-ring (bicyclic) bond motifs is 2. The van der Waals surface area contributed by atoms with Crippen molar-refractivity contribution in [3.63, 3.8) is 0 Å². The molecule has 2 heterocycles. The molecule has 1 aliphatic carbocycles. The molecular formula is C26H29N5O4. The fourth-order valence-electron chi connectivity index (χ4n) is 4.47. The number of hydrogen-bond acceptors (Lipinski definition) is 8. The monoisotopic (exact) mass is 475 g/mol. The molecule has 182 valence electrons. The van der Waals surface area contributed by atoms with Crippen molar-refractivity contribution in [1.82, 2.24) is 9.97 Å². The van der Waals surface area contributed by atoms with Gasteiger partial charge in [-0.3, -0.25) is 15.1 Å². The van der Waals surface area contributed by atoms with Crippen LogP contribution in [0.1, 0.15) is 61.3 Å². The van der Waals surface area contributed by atoms with Gasteiger partial charge in [-0.1, -0.05) is 23.3 Å². The molecule has 0 saturated heterocycles. The Bertz CT molecular complexity index is 1300. The predicted molar refractivity (Wildman–Crippen MR) is 135 cm³/mol. The van der Waals surface area contributed by atoms with Gasteiger partial charge in [0.25, 0.3) is 5.69 Å². The van der Waals surface area contributed by atoms with E-state index in [9.17, 15) is 10.1 Å². The van der Waals surface area contributed by atoms with Crippen LogP contribution >= 0.6 is 0 Å². The Morgan fingerprint density at radius 2 is 2.06 bits per heavy atom. The fourth-order valence-corrected chi connectivity index (χ4v) is 4.47. The Hall–Kier alpha value is -3.88. The molecule has 0 N–H and O–H groups in total. The summed E-state index contributed by atoms with van der Waals surface area (Å²) < 4.78 is 0. The lowest BCUT2D eigenvalue weighted by molar-refractivity contribution is -0.384. The number of aryl methyl sites for hydroxylation is 2. The largest absolute Gasteiger partial charge is 0.399 e. The van der Waals surface area contributed by atoms with Gasteiger partial charge in [-0.05, 0) is 74.8 Å². The average Bonchev–Trinajstić information content (AvgIpc) is 2.87. The second-order valence-corrected chi connectivity index (χ2v) is 8.43. The van der Waals surface area contributed by atoms with Crippen LogP contribution in [0.25, 0.3) is 10.9 Å². The zero-order valence-electron chi connectivity index (χ0n) is 20.3. The van der Waals surface area contributed by atoms with E-state index >= 15 is 0 Å². The van der Waals surface area contributed by atoms with Crippen LogP contribution < -0.4 is 0 Å². The Morgan fingerprint density at radius 1 is 1.20 bits per heavy atom. The highest BCUT2D eigenvalue weighted by atomic mass is 16.6. The Morgan fingerprint density at radius 3 is 2.83 bits per heavy atom. The molecule has 9 heteroatoms. The summed E-state index contributed by atoms with van der Waals surface area (Å²) in [5, 5.41) is 20.5. The number of nitro benzene ring substituents is 1. The molecule has 9 nitrogen and oxygen atoms in total. The van der Waals surface area contributed by atoms with E-state index in [0.717, 1.165) is 89.1 Å². The van der Waals surface area contributed by atoms with E-state index in [2.05, 4.69) is 22.2 Å². The highest BCUT2D eigenvalue weighted by Crippen LogP contribution is 2.32. The molecule has 0 bridgehead atoms. The maximum Gasteiger partial charge on any atom is 0.270 e. The van der Waals surface area contributed by atoms with Gasteiger partial charge in [0.15, 0.2) is 0 Å². The highest BCUT2D eigenvalue weighted by molar-refractivity contribution is 6.03. The van der Waals surface area contributed by atoms with Gasteiger partial charge in [-0.15, -0.1) is 0 Å². The Balaban J connectivity index is 1.47. The summed E-state index contributed by atoms with van der Waals surface area (Å²) in [5.41, 5.74) is 7.25. The third-order valence-corrected chi connectivity index (χ3v) is 6.11. The number of oxime groups is 2. The first-order valence-corrected chi connectivity index (χ1v) is 11.8. The average molecular weight is 476 g/mol. The van der Waals surface area contributed by atoms with Gasteiger partial charge in [0, 0.05) is 23.2 Å². The summed E-state index contributed by atoms with van der Waals surface area (Å²) in [6, 6.07) is 10.7. The van der Waals surface area contributed by atoms with Gasteiger partial charge >= 0.3 is 0 Å². The van der Waals surface area contributed by atoms with E-state index in [4.69, 9.17) is 14.7 Å². The molecule has 0 unspecified atom stereocenters. The van der Waals surface area contributed by atoms with Crippen molar-refractivity contribution in [2.45, 2.75) is 52.4 Å². The molecule has 1 aliphatic rings. The van der Waals surface area contributed by atoms with Crippen molar-refractivity contribution >= 4 is 28.0 Å². The van der Waals surface area contributed by atoms with E-state index in [1.807, 2.05) is 25.1 Å². The van der Waals surface area contributed by atoms with Crippen LogP contribution in [0.15, 0.2) is 46.7 Å². The van der Waals surface area contributed by atoms with E-state index in [1.54, 1.807) is 12.1 Å². The third-order valence-electron chi connectivity index (χ3n) is 6.11. The molecule has 0 fully saturated rings. The lowest BCUT2D eigenvalue weighted by Crippen LogP contribution is -2.17. The number of aromatic nitrogens is 2. The van der Waals surface area contributed by atoms with Gasteiger partial charge in [0.1, 0.15) is 25.1 Å². The quantitative estimate of drug-likeness (QED) is 0.183. The SMILES string of the molecule is CCc1c2c(nc3ccc([N+](=O)[O-])cc13)C(=NOCCCc1cccc(C(C)=NOC)n1)CCC2. The summed E-state index contributed by atoms with van der Waals surface area (Å²) >= 11 is 0. The van der Waals surface area contributed by atoms with E-state index in [-0.39, 0.29) is 10.6 Å². The minimum atomic E-state index is -0.362. The number of rotatable bonds is 9. The standard InChI is InChI=1S/C26H29N5O4/c1-4-20-21-10-6-12-25(26(21)28-24-14-13-19(31(32)33)16-22(20)24)30-35-15-7-9-18-8-5-11-23(27-18)17(2)29-34-3/h5,8,11,13-14,16H,4,6-7,9-10,12,15H2,1-3H3. The van der Waals surface area contributed by atoms with Crippen molar-refractivity contribution in [2.24, 2.45) is 10.3 Å². The van der Waals surface area contributed by atoms with Crippen LogP contribution in [-0.4, -0.2) is 40.0 Å². The second kappa shape index (κ2) is 11.0. The van der Waals surface area contributed by atoms with Gasteiger partial charge in [0.05, 0.1) is 21.8 Å². The minimum Gasteiger partial charge on any atom is -0.399 e. The van der Waals surface area contributed by atoms with Crippen LogP contribution in [0.5, 0.6) is 0 Å². The van der Waals surface area contributed by atoms with Crippen LogP contribution in [-0.2, 0) is 28.9 Å².